The van der Waals surface area contributed by atoms with E-state index in [0.717, 1.165) is 24.4 Å². The number of rotatable bonds is 5. The molecule has 0 saturated heterocycles. The maximum atomic E-state index is 4.46. The maximum absolute atomic E-state index is 4.46. The van der Waals surface area contributed by atoms with Crippen LogP contribution in [0.2, 0.25) is 0 Å². The van der Waals surface area contributed by atoms with Gasteiger partial charge < -0.3 is 0 Å². The van der Waals surface area contributed by atoms with Gasteiger partial charge in [0, 0.05) is 12.6 Å². The van der Waals surface area contributed by atoms with E-state index in [9.17, 15) is 0 Å². The lowest BCUT2D eigenvalue weighted by Crippen LogP contribution is -1.87. The number of unbranched alkanes of at least 4 members (excludes halogenated alkanes) is 2. The number of aromatic nitrogens is 2. The van der Waals surface area contributed by atoms with Gasteiger partial charge >= 0.3 is 0 Å². The summed E-state index contributed by atoms with van der Waals surface area (Å²) in [5.41, 5.74) is 1.04. The highest BCUT2D eigenvalue weighted by Gasteiger charge is 2.00. The summed E-state index contributed by atoms with van der Waals surface area (Å²) in [6, 6.07) is 0. The molecule has 0 radical (unpaired) electrons. The molecule has 0 amide bonds. The van der Waals surface area contributed by atoms with E-state index in [0.29, 0.717) is 0 Å². The van der Waals surface area contributed by atoms with Gasteiger partial charge in [-0.25, -0.2) is 4.98 Å². The van der Waals surface area contributed by atoms with Crippen LogP contribution in [0.5, 0.6) is 0 Å². The molecule has 14 heavy (non-hydrogen) atoms. The molecule has 0 saturated carbocycles. The summed E-state index contributed by atoms with van der Waals surface area (Å²) in [7, 11) is 0. The van der Waals surface area contributed by atoms with Crippen molar-refractivity contribution in [3.8, 4) is 0 Å². The van der Waals surface area contributed by atoms with Crippen molar-refractivity contribution in [2.75, 3.05) is 0 Å². The molecule has 0 aliphatic rings. The Labute approximate surface area is 94.4 Å². The smallest absolute Gasteiger partial charge is 0.119 e. The highest BCUT2D eigenvalue weighted by molar-refractivity contribution is 9.08. The van der Waals surface area contributed by atoms with Crippen LogP contribution >= 0.6 is 16.1 Å². The van der Waals surface area contributed by atoms with Crippen molar-refractivity contribution in [2.24, 2.45) is 0 Å². The fraction of sp³-hybridized carbons (Fsp3) is 0.545. The number of nitrogens with zero attached hydrogens (tertiary/aromatic N) is 2. The fourth-order valence-electron chi connectivity index (χ4n) is 1.25. The van der Waals surface area contributed by atoms with Gasteiger partial charge in [0.2, 0.25) is 0 Å². The molecule has 0 aliphatic heterocycles. The molecule has 78 valence electrons. The molecular formula is C11H17BrN2. The molecule has 1 aromatic heterocycles. The topological polar surface area (TPSA) is 17.8 Å². The average molecular weight is 257 g/mol. The first-order valence-corrected chi connectivity index (χ1v) is 5.89. The second-order valence-electron chi connectivity index (χ2n) is 3.29. The molecule has 0 atom stereocenters. The van der Waals surface area contributed by atoms with Crippen LogP contribution in [0.3, 0.4) is 0 Å². The van der Waals surface area contributed by atoms with Crippen molar-refractivity contribution in [2.45, 2.75) is 39.5 Å². The molecular weight excluding hydrogens is 240 g/mol. The number of allylic oxidation sites excluding steroid dienone is 1. The zero-order valence-corrected chi connectivity index (χ0v) is 10.4. The molecule has 0 bridgehead atoms. The summed E-state index contributed by atoms with van der Waals surface area (Å²) in [4.78, 5) is 4.46. The van der Waals surface area contributed by atoms with Gasteiger partial charge in [-0.15, -0.1) is 0 Å². The van der Waals surface area contributed by atoms with Crippen LogP contribution in [0, 0.1) is 0 Å². The van der Waals surface area contributed by atoms with Crippen LogP contribution in [0.4, 0.5) is 0 Å². The zero-order valence-electron chi connectivity index (χ0n) is 8.83. The van der Waals surface area contributed by atoms with Gasteiger partial charge in [-0.05, 0) is 12.5 Å². The van der Waals surface area contributed by atoms with E-state index in [1.54, 1.807) is 0 Å². The predicted octanol–water partition coefficient (Wildman–Crippen LogP) is 3.81. The number of halogens is 1. The van der Waals surface area contributed by atoms with Gasteiger partial charge in [-0.3, -0.25) is 3.59 Å². The highest BCUT2D eigenvalue weighted by Crippen LogP contribution is 2.09. The molecule has 0 N–H and O–H groups in total. The van der Waals surface area contributed by atoms with Crippen molar-refractivity contribution in [1.82, 2.24) is 8.58 Å². The molecule has 0 aromatic carbocycles. The molecule has 2 nitrogen and oxygen atoms in total. The average Bonchev–Trinajstić information content (AvgIpc) is 2.54. The Hall–Kier alpha value is -0.570. The molecule has 0 spiro atoms. The first kappa shape index (κ1) is 11.5. The summed E-state index contributed by atoms with van der Waals surface area (Å²) in [5, 5.41) is 0. The zero-order chi connectivity index (χ0) is 10.4. The highest BCUT2D eigenvalue weighted by atomic mass is 79.9. The molecule has 0 fully saturated rings. The van der Waals surface area contributed by atoms with E-state index < -0.39 is 0 Å². The standard InChI is InChI=1S/C11H17BrN2/c1-3-5-6-7-8-10-9-14(12)11(4-2)13-10/h7-9H,3-6H2,1-2H3/b8-7+. The van der Waals surface area contributed by atoms with E-state index in [4.69, 9.17) is 0 Å². The van der Waals surface area contributed by atoms with E-state index in [2.05, 4.69) is 47.1 Å². The third-order valence-electron chi connectivity index (χ3n) is 2.08. The van der Waals surface area contributed by atoms with Gasteiger partial charge in [0.25, 0.3) is 0 Å². The van der Waals surface area contributed by atoms with Gasteiger partial charge in [-0.1, -0.05) is 32.8 Å². The largest absolute Gasteiger partial charge is 0.269 e. The number of aryl methyl sites for hydroxylation is 1. The van der Waals surface area contributed by atoms with Crippen LogP contribution in [0.1, 0.15) is 44.6 Å². The lowest BCUT2D eigenvalue weighted by molar-refractivity contribution is 0.816. The Morgan fingerprint density at radius 3 is 2.86 bits per heavy atom. The Kier molecular flexibility index (Phi) is 4.94. The summed E-state index contributed by atoms with van der Waals surface area (Å²) in [6.45, 7) is 4.31. The molecule has 3 heteroatoms. The molecule has 0 unspecified atom stereocenters. The quantitative estimate of drug-likeness (QED) is 0.733. The van der Waals surface area contributed by atoms with Crippen LogP contribution in [-0.4, -0.2) is 8.58 Å². The Morgan fingerprint density at radius 1 is 1.50 bits per heavy atom. The monoisotopic (exact) mass is 256 g/mol. The van der Waals surface area contributed by atoms with Crippen LogP contribution in [0.15, 0.2) is 12.3 Å². The van der Waals surface area contributed by atoms with Gasteiger partial charge in [0.15, 0.2) is 0 Å². The van der Waals surface area contributed by atoms with Crippen molar-refractivity contribution in [3.05, 3.63) is 23.8 Å². The van der Waals surface area contributed by atoms with E-state index in [-0.39, 0.29) is 0 Å². The van der Waals surface area contributed by atoms with E-state index >= 15 is 0 Å². The third-order valence-corrected chi connectivity index (χ3v) is 2.69. The second-order valence-corrected chi connectivity index (χ2v) is 4.06. The summed E-state index contributed by atoms with van der Waals surface area (Å²) in [5.74, 6) is 1.07. The minimum absolute atomic E-state index is 0.952. The summed E-state index contributed by atoms with van der Waals surface area (Å²) < 4.78 is 1.91. The van der Waals surface area contributed by atoms with Crippen LogP contribution < -0.4 is 0 Å². The second kappa shape index (κ2) is 6.02. The molecule has 0 aliphatic carbocycles. The minimum Gasteiger partial charge on any atom is -0.269 e. The van der Waals surface area contributed by atoms with E-state index in [1.165, 1.54) is 12.8 Å². The van der Waals surface area contributed by atoms with Gasteiger partial charge in [-0.2, -0.15) is 0 Å². The lowest BCUT2D eigenvalue weighted by atomic mass is 10.2. The molecule has 1 aromatic rings. The van der Waals surface area contributed by atoms with Crippen molar-refractivity contribution in [1.29, 1.82) is 0 Å². The molecule has 1 rings (SSSR count). The Balaban J connectivity index is 2.54. The number of imidazole rings is 1. The van der Waals surface area contributed by atoms with Crippen LogP contribution in [0.25, 0.3) is 6.08 Å². The Bertz CT molecular complexity index is 302. The Morgan fingerprint density at radius 2 is 2.29 bits per heavy atom. The predicted molar refractivity (Wildman–Crippen MR) is 64.5 cm³/mol. The minimum atomic E-state index is 0.952. The lowest BCUT2D eigenvalue weighted by Gasteiger charge is -1.89. The third kappa shape index (κ3) is 3.29. The summed E-state index contributed by atoms with van der Waals surface area (Å²) in [6.07, 6.45) is 10.9. The van der Waals surface area contributed by atoms with Crippen molar-refractivity contribution in [3.63, 3.8) is 0 Å². The van der Waals surface area contributed by atoms with Gasteiger partial charge in [0.05, 0.1) is 21.8 Å². The SMILES string of the molecule is CCCC/C=C/c1cn(Br)c(CC)n1. The first-order chi connectivity index (χ1) is 6.77. The van der Waals surface area contributed by atoms with Crippen LogP contribution in [-0.2, 0) is 6.42 Å². The van der Waals surface area contributed by atoms with Gasteiger partial charge in [0.1, 0.15) is 5.82 Å². The normalized spacial score (nSPS) is 11.4. The maximum Gasteiger partial charge on any atom is 0.119 e. The first-order valence-electron chi connectivity index (χ1n) is 5.18. The number of hydrogen-bond donors (Lipinski definition) is 0. The van der Waals surface area contributed by atoms with Crippen molar-refractivity contribution < 1.29 is 0 Å². The summed E-state index contributed by atoms with van der Waals surface area (Å²) >= 11 is 3.42. The fourth-order valence-corrected chi connectivity index (χ4v) is 1.79. The number of hydrogen-bond acceptors (Lipinski definition) is 1. The molecule has 1 heterocycles. The van der Waals surface area contributed by atoms with Crippen molar-refractivity contribution >= 4 is 22.2 Å². The van der Waals surface area contributed by atoms with E-state index in [1.807, 2.05) is 9.79 Å².